The minimum absolute atomic E-state index is 0.168. The normalized spacial score (nSPS) is 18.9. The Labute approximate surface area is 203 Å². The van der Waals surface area contributed by atoms with Crippen molar-refractivity contribution in [3.05, 3.63) is 53.5 Å². The van der Waals surface area contributed by atoms with E-state index < -0.39 is 6.23 Å². The van der Waals surface area contributed by atoms with E-state index in [1.165, 1.54) is 6.20 Å². The highest BCUT2D eigenvalue weighted by Crippen LogP contribution is 2.40. The highest BCUT2D eigenvalue weighted by Gasteiger charge is 2.33. The Hall–Kier alpha value is -3.54. The van der Waals surface area contributed by atoms with Crippen LogP contribution in [0.5, 0.6) is 0 Å². The van der Waals surface area contributed by atoms with Crippen LogP contribution in [0.2, 0.25) is 0 Å². The molecule has 4 N–H and O–H groups in total. The maximum absolute atomic E-state index is 13.3. The lowest BCUT2D eigenvalue weighted by molar-refractivity contribution is -0.119. The molecular formula is C24H30N8O3. The molecule has 0 aliphatic carbocycles. The van der Waals surface area contributed by atoms with Crippen LogP contribution in [0.4, 0.5) is 11.4 Å². The summed E-state index contributed by atoms with van der Waals surface area (Å²) in [6, 6.07) is 5.87. The largest absolute Gasteiger partial charge is 0.374 e. The number of carbonyl (C=O) groups is 2. The van der Waals surface area contributed by atoms with E-state index >= 15 is 0 Å². The number of hydrogen-bond acceptors (Lipinski definition) is 8. The van der Waals surface area contributed by atoms with Crippen molar-refractivity contribution in [1.29, 1.82) is 0 Å². The highest BCUT2D eigenvalue weighted by molar-refractivity contribution is 6.09. The quantitative estimate of drug-likeness (QED) is 0.474. The van der Waals surface area contributed by atoms with Gasteiger partial charge in [-0.2, -0.15) is 5.10 Å². The Bertz CT molecular complexity index is 1260. The molecule has 1 unspecified atom stereocenters. The summed E-state index contributed by atoms with van der Waals surface area (Å²) in [7, 11) is 0. The number of benzene rings is 1. The summed E-state index contributed by atoms with van der Waals surface area (Å²) in [5.74, 6) is -0.644. The molecule has 5 rings (SSSR count). The zero-order chi connectivity index (χ0) is 24.7. The van der Waals surface area contributed by atoms with Gasteiger partial charge in [-0.1, -0.05) is 0 Å². The predicted octanol–water partition coefficient (Wildman–Crippen LogP) is 0.804. The van der Waals surface area contributed by atoms with Crippen molar-refractivity contribution in [2.75, 3.05) is 42.9 Å². The van der Waals surface area contributed by atoms with E-state index in [1.54, 1.807) is 23.0 Å². The minimum Gasteiger partial charge on any atom is -0.374 e. The maximum atomic E-state index is 13.3. The number of nitrogens with two attached hydrogens (primary N) is 1. The molecule has 3 aromatic rings. The fourth-order valence-corrected chi connectivity index (χ4v) is 4.86. The number of fused-ring (bicyclic) bond motifs is 2. The van der Waals surface area contributed by atoms with Crippen molar-refractivity contribution in [2.24, 2.45) is 5.73 Å². The molecule has 1 saturated heterocycles. The van der Waals surface area contributed by atoms with Crippen LogP contribution in [0.3, 0.4) is 0 Å². The van der Waals surface area contributed by atoms with Crippen LogP contribution in [0.15, 0.2) is 36.8 Å². The third kappa shape index (κ3) is 4.45. The van der Waals surface area contributed by atoms with Crippen LogP contribution in [0, 0.1) is 0 Å². The molecule has 0 saturated carbocycles. The summed E-state index contributed by atoms with van der Waals surface area (Å²) >= 11 is 0. The first-order chi connectivity index (χ1) is 16.8. The fourth-order valence-electron chi connectivity index (χ4n) is 4.86. The number of primary amides is 1. The van der Waals surface area contributed by atoms with Crippen molar-refractivity contribution >= 4 is 28.8 Å². The average Bonchev–Trinajstić information content (AvgIpc) is 3.40. The number of aliphatic hydroxyl groups is 1. The zero-order valence-electron chi connectivity index (χ0n) is 19.9. The van der Waals surface area contributed by atoms with Crippen LogP contribution in [-0.4, -0.2) is 80.1 Å². The monoisotopic (exact) mass is 478 g/mol. The summed E-state index contributed by atoms with van der Waals surface area (Å²) in [6.07, 6.45) is 4.18. The van der Waals surface area contributed by atoms with Gasteiger partial charge in [0.1, 0.15) is 11.8 Å². The number of hydrogen-bond donors (Lipinski definition) is 3. The third-order valence-electron chi connectivity index (χ3n) is 6.73. The second-order valence-electron chi connectivity index (χ2n) is 9.34. The number of rotatable bonds is 6. The minimum atomic E-state index is -0.700. The Morgan fingerprint density at radius 3 is 2.71 bits per heavy atom. The van der Waals surface area contributed by atoms with E-state index in [4.69, 9.17) is 5.73 Å². The number of aliphatic hydroxyl groups excluding tert-OH is 1. The zero-order valence-corrected chi connectivity index (χ0v) is 19.9. The van der Waals surface area contributed by atoms with E-state index in [1.807, 2.05) is 21.9 Å². The summed E-state index contributed by atoms with van der Waals surface area (Å²) in [6.45, 7) is 7.60. The van der Waals surface area contributed by atoms with Gasteiger partial charge in [-0.25, -0.2) is 9.50 Å². The number of nitrogens with one attached hydrogen (secondary N) is 1. The van der Waals surface area contributed by atoms with Gasteiger partial charge in [0.15, 0.2) is 5.65 Å². The van der Waals surface area contributed by atoms with Crippen molar-refractivity contribution in [1.82, 2.24) is 24.4 Å². The predicted molar refractivity (Wildman–Crippen MR) is 131 cm³/mol. The first kappa shape index (κ1) is 23.2. The first-order valence-corrected chi connectivity index (χ1v) is 11.8. The summed E-state index contributed by atoms with van der Waals surface area (Å²) in [4.78, 5) is 35.1. The van der Waals surface area contributed by atoms with Gasteiger partial charge in [0.05, 0.1) is 24.1 Å². The molecule has 2 aliphatic rings. The van der Waals surface area contributed by atoms with Crippen molar-refractivity contribution < 1.29 is 14.7 Å². The van der Waals surface area contributed by atoms with E-state index in [2.05, 4.69) is 34.1 Å². The van der Waals surface area contributed by atoms with Gasteiger partial charge in [-0.05, 0) is 37.6 Å². The van der Waals surface area contributed by atoms with Gasteiger partial charge in [0.2, 0.25) is 5.91 Å². The smallest absolute Gasteiger partial charge is 0.261 e. The summed E-state index contributed by atoms with van der Waals surface area (Å²) in [5, 5.41) is 18.3. The molecule has 0 radical (unpaired) electrons. The Kier molecular flexibility index (Phi) is 6.13. The number of piperazine rings is 1. The lowest BCUT2D eigenvalue weighted by Crippen LogP contribution is -2.49. The number of carbonyl (C=O) groups excluding carboxylic acids is 2. The van der Waals surface area contributed by atoms with Crippen LogP contribution < -0.4 is 16.0 Å². The molecule has 11 nitrogen and oxygen atoms in total. The lowest BCUT2D eigenvalue weighted by atomic mass is 10.0. The van der Waals surface area contributed by atoms with Crippen LogP contribution in [0.25, 0.3) is 5.65 Å². The third-order valence-corrected chi connectivity index (χ3v) is 6.73. The van der Waals surface area contributed by atoms with E-state index in [9.17, 15) is 14.7 Å². The summed E-state index contributed by atoms with van der Waals surface area (Å²) in [5.41, 5.74) is 9.57. The number of nitrogens with zero attached hydrogens (tertiary/aromatic N) is 6. The molecule has 2 aromatic heterocycles. The Morgan fingerprint density at radius 1 is 1.23 bits per heavy atom. The van der Waals surface area contributed by atoms with Crippen LogP contribution in [0.1, 0.15) is 41.6 Å². The SMILES string of the molecule is CC(C)N1Cc2cc(NC(=O)c3cnn4cccnc34)c(N3CCN(CC(N)=O)CC3)cc2C1O. The van der Waals surface area contributed by atoms with E-state index in [0.29, 0.717) is 49.6 Å². The van der Waals surface area contributed by atoms with Gasteiger partial charge in [-0.3, -0.25) is 19.4 Å². The molecule has 11 heteroatoms. The molecule has 184 valence electrons. The second kappa shape index (κ2) is 9.25. The van der Waals surface area contributed by atoms with E-state index in [-0.39, 0.29) is 24.4 Å². The molecular weight excluding hydrogens is 448 g/mol. The van der Waals surface area contributed by atoms with Crippen LogP contribution >= 0.6 is 0 Å². The molecule has 35 heavy (non-hydrogen) atoms. The fraction of sp³-hybridized carbons (Fsp3) is 0.417. The number of amides is 2. The molecule has 1 aromatic carbocycles. The van der Waals surface area contributed by atoms with Gasteiger partial charge in [-0.15, -0.1) is 0 Å². The molecule has 0 spiro atoms. The van der Waals surface area contributed by atoms with Gasteiger partial charge >= 0.3 is 0 Å². The topological polar surface area (TPSA) is 132 Å². The average molecular weight is 479 g/mol. The molecule has 1 atom stereocenters. The van der Waals surface area contributed by atoms with Gasteiger partial charge < -0.3 is 21.1 Å². The van der Waals surface area contributed by atoms with Crippen molar-refractivity contribution in [3.63, 3.8) is 0 Å². The maximum Gasteiger partial charge on any atom is 0.261 e. The highest BCUT2D eigenvalue weighted by atomic mass is 16.3. The Balaban J connectivity index is 1.47. The molecule has 1 fully saturated rings. The van der Waals surface area contributed by atoms with Gasteiger partial charge in [0.25, 0.3) is 5.91 Å². The van der Waals surface area contributed by atoms with Crippen LogP contribution in [-0.2, 0) is 11.3 Å². The van der Waals surface area contributed by atoms with E-state index in [0.717, 1.165) is 16.8 Å². The van der Waals surface area contributed by atoms with Crippen molar-refractivity contribution in [3.8, 4) is 0 Å². The molecule has 4 heterocycles. The molecule has 2 aliphatic heterocycles. The summed E-state index contributed by atoms with van der Waals surface area (Å²) < 4.78 is 1.56. The Morgan fingerprint density at radius 2 is 2.00 bits per heavy atom. The lowest BCUT2D eigenvalue weighted by Gasteiger charge is -2.36. The standard InChI is InChI=1S/C24H30N8O3/c1-15(2)31-13-16-10-19(28-23(34)18-12-27-32-5-3-4-26-22(18)32)20(11-17(16)24(31)35)30-8-6-29(7-9-30)14-21(25)33/h3-5,10-12,15,24,35H,6-9,13-14H2,1-2H3,(H2,25,33)(H,28,34). The number of anilines is 2. The first-order valence-electron chi connectivity index (χ1n) is 11.8. The second-order valence-corrected chi connectivity index (χ2v) is 9.34. The molecule has 0 bridgehead atoms. The van der Waals surface area contributed by atoms with Crippen molar-refractivity contribution in [2.45, 2.75) is 32.7 Å². The molecule has 2 amide bonds. The van der Waals surface area contributed by atoms with Gasteiger partial charge in [0, 0.05) is 56.7 Å². The number of aromatic nitrogens is 3.